The summed E-state index contributed by atoms with van der Waals surface area (Å²) < 4.78 is 5.11. The Balaban J connectivity index is 1.84. The molecule has 0 bridgehead atoms. The monoisotopic (exact) mass is 399 g/mol. The molecule has 0 aromatic heterocycles. The molecule has 0 radical (unpaired) electrons. The van der Waals surface area contributed by atoms with Gasteiger partial charge in [0.15, 0.2) is 5.78 Å². The van der Waals surface area contributed by atoms with Crippen molar-refractivity contribution in [3.8, 4) is 0 Å². The van der Waals surface area contributed by atoms with Crippen LogP contribution in [0.4, 0.5) is 0 Å². The first-order chi connectivity index (χ1) is 14.6. The van der Waals surface area contributed by atoms with E-state index in [1.54, 1.807) is 0 Å². The smallest absolute Gasteiger partial charge is 0.323 e. The van der Waals surface area contributed by atoms with E-state index in [9.17, 15) is 9.59 Å². The minimum Gasteiger partial charge on any atom is -0.468 e. The summed E-state index contributed by atoms with van der Waals surface area (Å²) in [6.45, 7) is 2.00. The number of hydrogen-bond donors (Lipinski definition) is 1. The quantitative estimate of drug-likeness (QED) is 0.508. The highest BCUT2D eigenvalue weighted by molar-refractivity contribution is 6.00. The SMILES string of the molecule is COC(=O)[C@@H]1N[C@H](c2ccccc2)[C@@H](C(=O)c2ccc(C)cc2)[C@@H]1c1ccccc1. The molecule has 152 valence electrons. The van der Waals surface area contributed by atoms with Gasteiger partial charge in [0.05, 0.1) is 13.0 Å². The Bertz CT molecular complexity index is 1020. The zero-order valence-electron chi connectivity index (χ0n) is 17.1. The van der Waals surface area contributed by atoms with Gasteiger partial charge in [0.2, 0.25) is 0 Å². The van der Waals surface area contributed by atoms with E-state index in [4.69, 9.17) is 4.74 Å². The van der Waals surface area contributed by atoms with Crippen molar-refractivity contribution < 1.29 is 14.3 Å². The molecular weight excluding hydrogens is 374 g/mol. The zero-order chi connectivity index (χ0) is 21.1. The molecule has 30 heavy (non-hydrogen) atoms. The van der Waals surface area contributed by atoms with Crippen LogP contribution in [0.3, 0.4) is 0 Å². The number of carbonyl (C=O) groups is 2. The molecule has 0 aliphatic carbocycles. The first-order valence-corrected chi connectivity index (χ1v) is 10.1. The van der Waals surface area contributed by atoms with Crippen LogP contribution in [0.25, 0.3) is 0 Å². The second-order valence-corrected chi connectivity index (χ2v) is 7.75. The van der Waals surface area contributed by atoms with E-state index in [2.05, 4.69) is 5.32 Å². The van der Waals surface area contributed by atoms with Crippen molar-refractivity contribution in [3.63, 3.8) is 0 Å². The third-order valence-corrected chi connectivity index (χ3v) is 5.90. The van der Waals surface area contributed by atoms with Crippen molar-refractivity contribution in [2.75, 3.05) is 7.11 Å². The molecule has 0 saturated carbocycles. The van der Waals surface area contributed by atoms with E-state index in [1.807, 2.05) is 91.9 Å². The number of esters is 1. The Morgan fingerprint density at radius 3 is 1.93 bits per heavy atom. The number of aryl methyl sites for hydroxylation is 1. The van der Waals surface area contributed by atoms with Gasteiger partial charge in [0.1, 0.15) is 6.04 Å². The van der Waals surface area contributed by atoms with Gasteiger partial charge >= 0.3 is 5.97 Å². The summed E-state index contributed by atoms with van der Waals surface area (Å²) in [6.07, 6.45) is 0. The Morgan fingerprint density at radius 2 is 1.37 bits per heavy atom. The Labute approximate surface area is 176 Å². The van der Waals surface area contributed by atoms with Crippen LogP contribution in [0.15, 0.2) is 84.9 Å². The highest BCUT2D eigenvalue weighted by Gasteiger charge is 2.51. The van der Waals surface area contributed by atoms with Gasteiger partial charge in [-0.2, -0.15) is 0 Å². The molecule has 4 nitrogen and oxygen atoms in total. The number of ketones is 1. The van der Waals surface area contributed by atoms with Crippen LogP contribution in [-0.4, -0.2) is 24.9 Å². The van der Waals surface area contributed by atoms with Gasteiger partial charge in [-0.25, -0.2) is 0 Å². The highest BCUT2D eigenvalue weighted by Crippen LogP contribution is 2.45. The summed E-state index contributed by atoms with van der Waals surface area (Å²) in [7, 11) is 1.39. The lowest BCUT2D eigenvalue weighted by Crippen LogP contribution is -2.36. The maximum absolute atomic E-state index is 13.8. The topological polar surface area (TPSA) is 55.4 Å². The molecule has 1 aliphatic heterocycles. The largest absolute Gasteiger partial charge is 0.468 e. The van der Waals surface area contributed by atoms with Crippen LogP contribution in [0, 0.1) is 12.8 Å². The third kappa shape index (κ3) is 3.79. The lowest BCUT2D eigenvalue weighted by Gasteiger charge is -2.25. The van der Waals surface area contributed by atoms with Gasteiger partial charge in [0, 0.05) is 17.5 Å². The number of rotatable bonds is 5. The van der Waals surface area contributed by atoms with Crippen LogP contribution in [-0.2, 0) is 9.53 Å². The molecule has 0 spiro atoms. The molecule has 4 rings (SSSR count). The van der Waals surface area contributed by atoms with Crippen LogP contribution in [0.1, 0.15) is 39.0 Å². The van der Waals surface area contributed by atoms with Crippen LogP contribution < -0.4 is 5.32 Å². The fourth-order valence-electron chi connectivity index (χ4n) is 4.42. The maximum atomic E-state index is 13.8. The maximum Gasteiger partial charge on any atom is 0.323 e. The standard InChI is InChI=1S/C26H25NO3/c1-17-13-15-20(16-14-17)25(28)22-21(18-9-5-3-6-10-18)24(26(29)30-2)27-23(22)19-11-7-4-8-12-19/h3-16,21-24,27H,1-2H3/t21-,22-,23+,24+/m0/s1. The number of Topliss-reactive ketones (excluding diaryl/α,β-unsaturated/α-hetero) is 1. The summed E-state index contributed by atoms with van der Waals surface area (Å²) in [5, 5.41) is 3.42. The fraction of sp³-hybridized carbons (Fsp3) is 0.231. The first-order valence-electron chi connectivity index (χ1n) is 10.1. The number of hydrogen-bond acceptors (Lipinski definition) is 4. The van der Waals surface area contributed by atoms with Gasteiger partial charge in [0.25, 0.3) is 0 Å². The molecule has 1 heterocycles. The van der Waals surface area contributed by atoms with Crippen LogP contribution in [0.5, 0.6) is 0 Å². The molecule has 0 amide bonds. The van der Waals surface area contributed by atoms with Crippen molar-refractivity contribution in [2.24, 2.45) is 5.92 Å². The van der Waals surface area contributed by atoms with E-state index in [-0.39, 0.29) is 23.7 Å². The van der Waals surface area contributed by atoms with Crippen molar-refractivity contribution in [1.29, 1.82) is 0 Å². The molecule has 1 N–H and O–H groups in total. The minimum atomic E-state index is -0.609. The van der Waals surface area contributed by atoms with Crippen molar-refractivity contribution in [3.05, 3.63) is 107 Å². The van der Waals surface area contributed by atoms with Gasteiger partial charge in [-0.15, -0.1) is 0 Å². The molecule has 0 unspecified atom stereocenters. The molecular formula is C26H25NO3. The average Bonchev–Trinajstić information content (AvgIpc) is 3.20. The van der Waals surface area contributed by atoms with Gasteiger partial charge in [-0.3, -0.25) is 14.9 Å². The summed E-state index contributed by atoms with van der Waals surface area (Å²) in [6, 6.07) is 26.3. The number of nitrogens with one attached hydrogen (secondary N) is 1. The molecule has 3 aromatic rings. The van der Waals surface area contributed by atoms with E-state index < -0.39 is 12.0 Å². The molecule has 4 heteroatoms. The predicted molar refractivity (Wildman–Crippen MR) is 116 cm³/mol. The molecule has 3 aromatic carbocycles. The van der Waals surface area contributed by atoms with Crippen molar-refractivity contribution in [1.82, 2.24) is 5.32 Å². The van der Waals surface area contributed by atoms with Crippen LogP contribution in [0.2, 0.25) is 0 Å². The number of ether oxygens (including phenoxy) is 1. The number of carbonyl (C=O) groups excluding carboxylic acids is 2. The predicted octanol–water partition coefficient (Wildman–Crippen LogP) is 4.46. The van der Waals surface area contributed by atoms with Gasteiger partial charge in [-0.05, 0) is 18.1 Å². The number of benzene rings is 3. The van der Waals surface area contributed by atoms with Gasteiger partial charge in [-0.1, -0.05) is 90.5 Å². The summed E-state index contributed by atoms with van der Waals surface area (Å²) in [5.74, 6) is -1.11. The first kappa shape index (κ1) is 20.0. The van der Waals surface area contributed by atoms with Crippen molar-refractivity contribution >= 4 is 11.8 Å². The van der Waals surface area contributed by atoms with Gasteiger partial charge < -0.3 is 4.74 Å². The lowest BCUT2D eigenvalue weighted by molar-refractivity contribution is -0.143. The van der Waals surface area contributed by atoms with Crippen LogP contribution >= 0.6 is 0 Å². The van der Waals surface area contributed by atoms with E-state index >= 15 is 0 Å². The number of methoxy groups -OCH3 is 1. The van der Waals surface area contributed by atoms with E-state index in [0.717, 1.165) is 16.7 Å². The van der Waals surface area contributed by atoms with Crippen molar-refractivity contribution in [2.45, 2.75) is 24.9 Å². The van der Waals surface area contributed by atoms with E-state index in [0.29, 0.717) is 5.56 Å². The minimum absolute atomic E-state index is 0.0246. The molecule has 1 fully saturated rings. The fourth-order valence-corrected chi connectivity index (χ4v) is 4.42. The Morgan fingerprint density at radius 1 is 0.800 bits per heavy atom. The average molecular weight is 399 g/mol. The Kier molecular flexibility index (Phi) is 5.77. The van der Waals surface area contributed by atoms with E-state index in [1.165, 1.54) is 7.11 Å². The zero-order valence-corrected chi connectivity index (χ0v) is 17.1. The molecule has 1 saturated heterocycles. The molecule has 1 aliphatic rings. The third-order valence-electron chi connectivity index (χ3n) is 5.90. The summed E-state index contributed by atoms with van der Waals surface area (Å²) in [5.41, 5.74) is 3.68. The summed E-state index contributed by atoms with van der Waals surface area (Å²) in [4.78, 5) is 26.5. The second kappa shape index (κ2) is 8.64. The Hall–Kier alpha value is -3.24. The molecule has 4 atom stereocenters. The normalized spacial score (nSPS) is 23.1. The lowest BCUT2D eigenvalue weighted by atomic mass is 9.76. The summed E-state index contributed by atoms with van der Waals surface area (Å²) >= 11 is 0. The highest BCUT2D eigenvalue weighted by atomic mass is 16.5. The second-order valence-electron chi connectivity index (χ2n) is 7.75.